The average molecular weight is 270 g/mol. The molecule has 0 bridgehead atoms. The van der Waals surface area contributed by atoms with E-state index in [1.165, 1.54) is 0 Å². The molecule has 0 saturated carbocycles. The molecular formula is C14H20ClNO2. The van der Waals surface area contributed by atoms with Gasteiger partial charge in [0.15, 0.2) is 0 Å². The molecule has 0 unspecified atom stereocenters. The summed E-state index contributed by atoms with van der Waals surface area (Å²) in [4.78, 5) is 14.0. The van der Waals surface area contributed by atoms with E-state index < -0.39 is 5.41 Å². The first kappa shape index (κ1) is 15.0. The number of amides is 1. The van der Waals surface area contributed by atoms with Crippen LogP contribution >= 0.6 is 11.6 Å². The highest BCUT2D eigenvalue weighted by molar-refractivity contribution is 6.19. The van der Waals surface area contributed by atoms with Gasteiger partial charge in [0.2, 0.25) is 5.91 Å². The highest BCUT2D eigenvalue weighted by Gasteiger charge is 2.30. The molecule has 1 rings (SSSR count). The molecular weight excluding hydrogens is 250 g/mol. The van der Waals surface area contributed by atoms with E-state index in [-0.39, 0.29) is 18.4 Å². The van der Waals surface area contributed by atoms with Crippen LogP contribution in [0.1, 0.15) is 19.4 Å². The lowest BCUT2D eigenvalue weighted by Gasteiger charge is -2.30. The summed E-state index contributed by atoms with van der Waals surface area (Å²) >= 11 is 5.83. The van der Waals surface area contributed by atoms with Crippen LogP contribution in [0.15, 0.2) is 30.3 Å². The van der Waals surface area contributed by atoms with Crippen molar-refractivity contribution in [1.82, 2.24) is 4.90 Å². The van der Waals surface area contributed by atoms with E-state index in [0.717, 1.165) is 5.56 Å². The summed E-state index contributed by atoms with van der Waals surface area (Å²) in [7, 11) is 0. The third-order valence-corrected chi connectivity index (χ3v) is 3.45. The minimum atomic E-state index is -0.606. The second kappa shape index (κ2) is 6.76. The second-order valence-electron chi connectivity index (χ2n) is 4.95. The van der Waals surface area contributed by atoms with Crippen molar-refractivity contribution in [2.75, 3.05) is 19.0 Å². The third kappa shape index (κ3) is 4.00. The van der Waals surface area contributed by atoms with Gasteiger partial charge >= 0.3 is 0 Å². The van der Waals surface area contributed by atoms with Gasteiger partial charge in [0, 0.05) is 19.0 Å². The minimum absolute atomic E-state index is 0.0320. The maximum Gasteiger partial charge on any atom is 0.229 e. The monoisotopic (exact) mass is 269 g/mol. The van der Waals surface area contributed by atoms with Crippen LogP contribution in [0, 0.1) is 5.41 Å². The van der Waals surface area contributed by atoms with Crippen molar-refractivity contribution in [3.05, 3.63) is 35.9 Å². The zero-order valence-electron chi connectivity index (χ0n) is 10.9. The molecule has 0 aliphatic rings. The fourth-order valence-corrected chi connectivity index (χ4v) is 1.78. The molecule has 1 aromatic rings. The Balaban J connectivity index is 2.80. The van der Waals surface area contributed by atoms with Gasteiger partial charge in [0.05, 0.1) is 12.0 Å². The number of rotatable bonds is 6. The number of carbonyl (C=O) groups excluding carboxylic acids is 1. The number of aliphatic hydroxyl groups is 1. The maximum atomic E-state index is 12.3. The number of alkyl halides is 1. The van der Waals surface area contributed by atoms with E-state index in [4.69, 9.17) is 16.7 Å². The van der Waals surface area contributed by atoms with Gasteiger partial charge < -0.3 is 10.0 Å². The summed E-state index contributed by atoms with van der Waals surface area (Å²) in [5.41, 5.74) is 0.440. The highest BCUT2D eigenvalue weighted by Crippen LogP contribution is 2.21. The Hall–Kier alpha value is -1.06. The van der Waals surface area contributed by atoms with Crippen molar-refractivity contribution in [2.24, 2.45) is 5.41 Å². The topological polar surface area (TPSA) is 40.5 Å². The number of carbonyl (C=O) groups is 1. The van der Waals surface area contributed by atoms with Gasteiger partial charge in [-0.05, 0) is 19.4 Å². The van der Waals surface area contributed by atoms with Crippen LogP contribution in [0.2, 0.25) is 0 Å². The molecule has 0 aliphatic carbocycles. The van der Waals surface area contributed by atoms with Crippen LogP contribution in [0.3, 0.4) is 0 Å². The molecule has 0 atom stereocenters. The molecule has 18 heavy (non-hydrogen) atoms. The highest BCUT2D eigenvalue weighted by atomic mass is 35.5. The van der Waals surface area contributed by atoms with E-state index >= 15 is 0 Å². The Morgan fingerprint density at radius 2 is 1.94 bits per heavy atom. The van der Waals surface area contributed by atoms with Crippen LogP contribution in [-0.2, 0) is 11.3 Å². The van der Waals surface area contributed by atoms with E-state index in [0.29, 0.717) is 13.1 Å². The Morgan fingerprint density at radius 1 is 1.33 bits per heavy atom. The summed E-state index contributed by atoms with van der Waals surface area (Å²) in [5, 5.41) is 9.08. The van der Waals surface area contributed by atoms with E-state index in [9.17, 15) is 4.79 Å². The zero-order valence-corrected chi connectivity index (χ0v) is 11.7. The number of hydrogen-bond donors (Lipinski definition) is 1. The van der Waals surface area contributed by atoms with Gasteiger partial charge in [-0.1, -0.05) is 30.3 Å². The first-order chi connectivity index (χ1) is 8.51. The fourth-order valence-electron chi connectivity index (χ4n) is 1.66. The predicted molar refractivity (Wildman–Crippen MR) is 73.4 cm³/mol. The molecule has 0 aliphatic heterocycles. The lowest BCUT2D eigenvalue weighted by molar-refractivity contribution is -0.140. The lowest BCUT2D eigenvalue weighted by atomic mass is 9.94. The Bertz CT molecular complexity index is 379. The van der Waals surface area contributed by atoms with Crippen LogP contribution in [0.5, 0.6) is 0 Å². The van der Waals surface area contributed by atoms with Crippen molar-refractivity contribution in [3.8, 4) is 0 Å². The molecule has 0 saturated heterocycles. The van der Waals surface area contributed by atoms with Crippen LogP contribution < -0.4 is 0 Å². The molecule has 100 valence electrons. The van der Waals surface area contributed by atoms with Crippen LogP contribution in [0.4, 0.5) is 0 Å². The summed E-state index contributed by atoms with van der Waals surface area (Å²) in [6.45, 7) is 4.42. The van der Waals surface area contributed by atoms with Crippen molar-refractivity contribution < 1.29 is 9.90 Å². The summed E-state index contributed by atoms with van der Waals surface area (Å²) in [5.74, 6) is 0.234. The Morgan fingerprint density at radius 3 is 2.44 bits per heavy atom. The molecule has 3 nitrogen and oxygen atoms in total. The zero-order chi connectivity index (χ0) is 13.6. The van der Waals surface area contributed by atoms with Crippen LogP contribution in [-0.4, -0.2) is 34.9 Å². The van der Waals surface area contributed by atoms with Crippen LogP contribution in [0.25, 0.3) is 0 Å². The Labute approximate surface area is 113 Å². The van der Waals surface area contributed by atoms with Gasteiger partial charge in [-0.3, -0.25) is 4.79 Å². The van der Waals surface area contributed by atoms with Crippen molar-refractivity contribution in [3.63, 3.8) is 0 Å². The van der Waals surface area contributed by atoms with Gasteiger partial charge in [-0.2, -0.15) is 0 Å². The summed E-state index contributed by atoms with van der Waals surface area (Å²) in [6.07, 6.45) is 0. The van der Waals surface area contributed by atoms with E-state index in [1.807, 2.05) is 44.2 Å². The van der Waals surface area contributed by atoms with Gasteiger partial charge in [-0.25, -0.2) is 0 Å². The molecule has 0 heterocycles. The number of halogens is 1. The lowest BCUT2D eigenvalue weighted by Crippen LogP contribution is -2.42. The largest absolute Gasteiger partial charge is 0.395 e. The second-order valence-corrected chi connectivity index (χ2v) is 5.22. The maximum absolute atomic E-state index is 12.3. The predicted octanol–water partition coefficient (Wildman–Crippen LogP) is 2.27. The van der Waals surface area contributed by atoms with Crippen molar-refractivity contribution in [1.29, 1.82) is 0 Å². The van der Waals surface area contributed by atoms with Crippen molar-refractivity contribution in [2.45, 2.75) is 20.4 Å². The molecule has 0 spiro atoms. The SMILES string of the molecule is CC(C)(CCl)C(=O)N(CCO)Cc1ccccc1. The standard InChI is InChI=1S/C14H20ClNO2/c1-14(2,11-15)13(18)16(8-9-17)10-12-6-4-3-5-7-12/h3-7,17H,8-11H2,1-2H3. The summed E-state index contributed by atoms with van der Waals surface area (Å²) < 4.78 is 0. The Kier molecular flexibility index (Phi) is 5.63. The average Bonchev–Trinajstić information content (AvgIpc) is 2.38. The first-order valence-electron chi connectivity index (χ1n) is 6.01. The number of hydrogen-bond acceptors (Lipinski definition) is 2. The normalized spacial score (nSPS) is 11.3. The fraction of sp³-hybridized carbons (Fsp3) is 0.500. The third-order valence-electron chi connectivity index (χ3n) is 2.79. The van der Waals surface area contributed by atoms with E-state index in [2.05, 4.69) is 0 Å². The number of benzene rings is 1. The number of nitrogens with zero attached hydrogens (tertiary/aromatic N) is 1. The summed E-state index contributed by atoms with van der Waals surface area (Å²) in [6, 6.07) is 9.73. The molecule has 1 aromatic carbocycles. The smallest absolute Gasteiger partial charge is 0.229 e. The van der Waals surface area contributed by atoms with Gasteiger partial charge in [0.25, 0.3) is 0 Å². The number of aliphatic hydroxyl groups excluding tert-OH is 1. The minimum Gasteiger partial charge on any atom is -0.395 e. The molecule has 0 fully saturated rings. The van der Waals surface area contributed by atoms with Crippen molar-refractivity contribution >= 4 is 17.5 Å². The first-order valence-corrected chi connectivity index (χ1v) is 6.55. The molecule has 0 aromatic heterocycles. The quantitative estimate of drug-likeness (QED) is 0.805. The van der Waals surface area contributed by atoms with Gasteiger partial charge in [-0.15, -0.1) is 11.6 Å². The molecule has 0 radical (unpaired) electrons. The van der Waals surface area contributed by atoms with Gasteiger partial charge in [0.1, 0.15) is 0 Å². The molecule has 4 heteroatoms. The molecule has 1 N–H and O–H groups in total. The van der Waals surface area contributed by atoms with E-state index in [1.54, 1.807) is 4.90 Å². The molecule has 1 amide bonds.